The molecule has 2 aromatic carbocycles. The zero-order valence-corrected chi connectivity index (χ0v) is 19.2. The highest BCUT2D eigenvalue weighted by Crippen LogP contribution is 2.34. The summed E-state index contributed by atoms with van der Waals surface area (Å²) in [6.07, 6.45) is 1.97. The van der Waals surface area contributed by atoms with Gasteiger partial charge in [-0.05, 0) is 36.1 Å². The normalized spacial score (nSPS) is 11.5. The number of benzene rings is 2. The molecule has 6 aromatic rings. The number of fused-ring (bicyclic) bond motifs is 2. The average molecular weight is 471 g/mol. The highest BCUT2D eigenvalue weighted by molar-refractivity contribution is 7.98. The molecule has 0 fully saturated rings. The number of rotatable bonds is 5. The van der Waals surface area contributed by atoms with E-state index in [4.69, 9.17) is 0 Å². The summed E-state index contributed by atoms with van der Waals surface area (Å²) in [5, 5.41) is 12.8. The lowest BCUT2D eigenvalue weighted by Crippen LogP contribution is -2.09. The molecule has 6 rings (SSSR count). The minimum absolute atomic E-state index is 0.106. The third kappa shape index (κ3) is 3.46. The van der Waals surface area contributed by atoms with Crippen molar-refractivity contribution >= 4 is 44.2 Å². The Bertz CT molecular complexity index is 1680. The van der Waals surface area contributed by atoms with Crippen molar-refractivity contribution in [3.63, 3.8) is 0 Å². The number of para-hydroxylation sites is 2. The van der Waals surface area contributed by atoms with E-state index in [-0.39, 0.29) is 5.56 Å². The molecular formula is C24H18N6OS2. The molecule has 0 saturated heterocycles. The lowest BCUT2D eigenvalue weighted by molar-refractivity contribution is 0.878. The Morgan fingerprint density at radius 2 is 1.91 bits per heavy atom. The van der Waals surface area contributed by atoms with Crippen LogP contribution in [0.15, 0.2) is 76.1 Å². The van der Waals surface area contributed by atoms with Gasteiger partial charge in [-0.15, -0.1) is 21.5 Å². The summed E-state index contributed by atoms with van der Waals surface area (Å²) in [6, 6.07) is 18.2. The van der Waals surface area contributed by atoms with Crippen LogP contribution < -0.4 is 5.56 Å². The van der Waals surface area contributed by atoms with Crippen LogP contribution in [-0.2, 0) is 5.75 Å². The Hall–Kier alpha value is -3.69. The van der Waals surface area contributed by atoms with Gasteiger partial charge in [-0.3, -0.25) is 9.36 Å². The summed E-state index contributed by atoms with van der Waals surface area (Å²) in [4.78, 5) is 23.2. The number of hydrogen-bond donors (Lipinski definition) is 2. The first kappa shape index (κ1) is 20.0. The van der Waals surface area contributed by atoms with Crippen LogP contribution in [0.5, 0.6) is 0 Å². The van der Waals surface area contributed by atoms with Gasteiger partial charge in [0.1, 0.15) is 10.5 Å². The van der Waals surface area contributed by atoms with Crippen LogP contribution in [0.4, 0.5) is 0 Å². The molecule has 0 atom stereocenters. The minimum atomic E-state index is -0.106. The first-order chi connectivity index (χ1) is 16.2. The highest BCUT2D eigenvalue weighted by atomic mass is 32.2. The van der Waals surface area contributed by atoms with Crippen LogP contribution in [0.2, 0.25) is 0 Å². The fourth-order valence-corrected chi connectivity index (χ4v) is 5.49. The summed E-state index contributed by atoms with van der Waals surface area (Å²) in [6.45, 7) is 2.08. The molecule has 4 heterocycles. The maximum Gasteiger partial charge on any atom is 0.268 e. The summed E-state index contributed by atoms with van der Waals surface area (Å²) in [7, 11) is 0. The van der Waals surface area contributed by atoms with Crippen LogP contribution in [0.3, 0.4) is 0 Å². The van der Waals surface area contributed by atoms with E-state index in [0.29, 0.717) is 16.3 Å². The van der Waals surface area contributed by atoms with Crippen LogP contribution in [0.25, 0.3) is 38.2 Å². The van der Waals surface area contributed by atoms with Crippen molar-refractivity contribution in [2.45, 2.75) is 17.8 Å². The van der Waals surface area contributed by atoms with Gasteiger partial charge in [-0.2, -0.15) is 0 Å². The van der Waals surface area contributed by atoms with E-state index in [1.165, 1.54) is 23.1 Å². The zero-order valence-electron chi connectivity index (χ0n) is 17.6. The number of nitrogens with one attached hydrogen (secondary N) is 2. The second-order valence-electron chi connectivity index (χ2n) is 7.61. The van der Waals surface area contributed by atoms with Gasteiger partial charge in [-0.1, -0.05) is 48.2 Å². The number of hydrogen-bond acceptors (Lipinski definition) is 6. The van der Waals surface area contributed by atoms with Gasteiger partial charge in [0.15, 0.2) is 11.0 Å². The molecule has 0 spiro atoms. The van der Waals surface area contributed by atoms with E-state index in [2.05, 4.69) is 54.8 Å². The van der Waals surface area contributed by atoms with E-state index >= 15 is 0 Å². The molecule has 33 heavy (non-hydrogen) atoms. The van der Waals surface area contributed by atoms with Crippen molar-refractivity contribution in [1.82, 2.24) is 29.7 Å². The van der Waals surface area contributed by atoms with Crippen molar-refractivity contribution in [2.75, 3.05) is 0 Å². The number of thioether (sulfide) groups is 1. The maximum atomic E-state index is 12.4. The quantitative estimate of drug-likeness (QED) is 0.333. The monoisotopic (exact) mass is 470 g/mol. The summed E-state index contributed by atoms with van der Waals surface area (Å²) in [5.41, 5.74) is 4.78. The van der Waals surface area contributed by atoms with Crippen LogP contribution >= 0.6 is 23.1 Å². The molecule has 0 radical (unpaired) electrons. The van der Waals surface area contributed by atoms with Gasteiger partial charge in [0.25, 0.3) is 5.56 Å². The smallest absolute Gasteiger partial charge is 0.268 e. The second kappa shape index (κ2) is 8.02. The molecule has 4 aromatic heterocycles. The maximum absolute atomic E-state index is 12.4. The standard InChI is InChI=1S/C24H18N6OS2/c1-14-6-2-5-9-19(14)30-22(16-12-25-17-8-4-3-7-15(16)17)28-29-24(30)33-13-20-26-18-10-11-32-21(18)23(31)27-20/h2-12,25H,13H2,1H3,(H,26,27,31). The molecule has 0 aliphatic rings. The number of thiophene rings is 1. The van der Waals surface area contributed by atoms with Gasteiger partial charge in [0.05, 0.1) is 17.0 Å². The molecule has 0 amide bonds. The third-order valence-electron chi connectivity index (χ3n) is 5.52. The fourth-order valence-electron chi connectivity index (χ4n) is 3.95. The molecule has 0 saturated carbocycles. The molecule has 0 aliphatic carbocycles. The van der Waals surface area contributed by atoms with Gasteiger partial charge in [-0.25, -0.2) is 4.98 Å². The Morgan fingerprint density at radius 1 is 1.06 bits per heavy atom. The predicted octanol–water partition coefficient (Wildman–Crippen LogP) is 5.31. The second-order valence-corrected chi connectivity index (χ2v) is 9.47. The Kier molecular flexibility index (Phi) is 4.85. The van der Waals surface area contributed by atoms with Gasteiger partial charge in [0.2, 0.25) is 0 Å². The van der Waals surface area contributed by atoms with E-state index in [0.717, 1.165) is 44.2 Å². The van der Waals surface area contributed by atoms with Gasteiger partial charge < -0.3 is 9.97 Å². The van der Waals surface area contributed by atoms with E-state index in [9.17, 15) is 4.79 Å². The van der Waals surface area contributed by atoms with Crippen molar-refractivity contribution in [2.24, 2.45) is 0 Å². The van der Waals surface area contributed by atoms with Crippen LogP contribution in [-0.4, -0.2) is 29.7 Å². The summed E-state index contributed by atoms with van der Waals surface area (Å²) in [5.74, 6) is 1.85. The molecule has 0 unspecified atom stereocenters. The zero-order chi connectivity index (χ0) is 22.4. The van der Waals surface area contributed by atoms with Crippen LogP contribution in [0, 0.1) is 6.92 Å². The number of aromatic nitrogens is 6. The lowest BCUT2D eigenvalue weighted by Gasteiger charge is -2.12. The first-order valence-corrected chi connectivity index (χ1v) is 12.2. The molecule has 0 bridgehead atoms. The average Bonchev–Trinajstić information content (AvgIpc) is 3.56. The highest BCUT2D eigenvalue weighted by Gasteiger charge is 2.20. The summed E-state index contributed by atoms with van der Waals surface area (Å²) >= 11 is 2.90. The molecule has 0 aliphatic heterocycles. The number of nitrogens with zero attached hydrogens (tertiary/aromatic N) is 4. The van der Waals surface area contributed by atoms with Crippen molar-refractivity contribution in [1.29, 1.82) is 0 Å². The molecule has 162 valence electrons. The topological polar surface area (TPSA) is 92.2 Å². The number of H-pyrrole nitrogens is 2. The number of aromatic amines is 2. The van der Waals surface area contributed by atoms with Gasteiger partial charge >= 0.3 is 0 Å². The van der Waals surface area contributed by atoms with E-state index < -0.39 is 0 Å². The molecule has 7 nitrogen and oxygen atoms in total. The Balaban J connectivity index is 1.45. The van der Waals surface area contributed by atoms with Crippen LogP contribution in [0.1, 0.15) is 11.4 Å². The largest absolute Gasteiger partial charge is 0.360 e. The molecule has 2 N–H and O–H groups in total. The number of aryl methyl sites for hydroxylation is 1. The van der Waals surface area contributed by atoms with Crippen molar-refractivity contribution in [3.05, 3.63) is 87.9 Å². The Labute approximate surface area is 196 Å². The van der Waals surface area contributed by atoms with Crippen molar-refractivity contribution in [3.8, 4) is 17.1 Å². The minimum Gasteiger partial charge on any atom is -0.360 e. The first-order valence-electron chi connectivity index (χ1n) is 10.4. The van der Waals surface area contributed by atoms with Crippen molar-refractivity contribution < 1.29 is 0 Å². The lowest BCUT2D eigenvalue weighted by atomic mass is 10.1. The fraction of sp³-hybridized carbons (Fsp3) is 0.0833. The summed E-state index contributed by atoms with van der Waals surface area (Å²) < 4.78 is 2.73. The molecule has 9 heteroatoms. The third-order valence-corrected chi connectivity index (χ3v) is 7.36. The van der Waals surface area contributed by atoms with E-state index in [1.54, 1.807) is 0 Å². The van der Waals surface area contributed by atoms with Gasteiger partial charge in [0, 0.05) is 22.7 Å². The van der Waals surface area contributed by atoms with E-state index in [1.807, 2.05) is 48.0 Å². The Morgan fingerprint density at radius 3 is 2.82 bits per heavy atom. The predicted molar refractivity (Wildman–Crippen MR) is 133 cm³/mol. The SMILES string of the molecule is Cc1ccccc1-n1c(SCc2nc3ccsc3c(=O)[nH]2)nnc1-c1c[nH]c2ccccc12. The molecular weight excluding hydrogens is 452 g/mol.